The van der Waals surface area contributed by atoms with Gasteiger partial charge in [0.25, 0.3) is 0 Å². The predicted molar refractivity (Wildman–Crippen MR) is 78.3 cm³/mol. The Labute approximate surface area is 121 Å². The molecule has 0 spiro atoms. The molecule has 0 amide bonds. The molecule has 0 saturated carbocycles. The van der Waals surface area contributed by atoms with Crippen molar-refractivity contribution in [3.63, 3.8) is 0 Å². The largest absolute Gasteiger partial charge is 0.304 e. The van der Waals surface area contributed by atoms with E-state index in [9.17, 15) is 4.39 Å². The quantitative estimate of drug-likeness (QED) is 0.902. The minimum absolute atomic E-state index is 0.0688. The standard InChI is InChI=1S/C15H16BrFN2/c1-10(12-5-7-18-8-6-12)19-11(2)14-9-13(16)3-4-15(14)17/h3-11,19H,1-2H3/t10-,11+/m1/s1. The maximum absolute atomic E-state index is 13.8. The van der Waals surface area contributed by atoms with Gasteiger partial charge in [-0.2, -0.15) is 0 Å². The van der Waals surface area contributed by atoms with Crippen molar-refractivity contribution < 1.29 is 4.39 Å². The van der Waals surface area contributed by atoms with Gasteiger partial charge in [-0.25, -0.2) is 4.39 Å². The molecule has 2 atom stereocenters. The number of benzene rings is 1. The van der Waals surface area contributed by atoms with Crippen LogP contribution < -0.4 is 5.32 Å². The highest BCUT2D eigenvalue weighted by Gasteiger charge is 2.14. The van der Waals surface area contributed by atoms with E-state index in [2.05, 4.69) is 33.2 Å². The van der Waals surface area contributed by atoms with Gasteiger partial charge in [-0.3, -0.25) is 4.98 Å². The molecule has 0 unspecified atom stereocenters. The molecule has 4 heteroatoms. The number of nitrogens with zero attached hydrogens (tertiary/aromatic N) is 1. The summed E-state index contributed by atoms with van der Waals surface area (Å²) < 4.78 is 14.7. The van der Waals surface area contributed by atoms with Crippen LogP contribution in [-0.2, 0) is 0 Å². The van der Waals surface area contributed by atoms with Crippen molar-refractivity contribution in [2.75, 3.05) is 0 Å². The maximum Gasteiger partial charge on any atom is 0.128 e. The van der Waals surface area contributed by atoms with Gasteiger partial charge in [0.1, 0.15) is 5.82 Å². The molecule has 2 rings (SSSR count). The number of rotatable bonds is 4. The molecule has 1 aromatic carbocycles. The van der Waals surface area contributed by atoms with Crippen LogP contribution in [0.25, 0.3) is 0 Å². The molecule has 2 nitrogen and oxygen atoms in total. The first-order chi connectivity index (χ1) is 9.08. The van der Waals surface area contributed by atoms with E-state index in [1.165, 1.54) is 6.07 Å². The second-order valence-corrected chi connectivity index (χ2v) is 5.47. The average Bonchev–Trinajstić information content (AvgIpc) is 2.42. The summed E-state index contributed by atoms with van der Waals surface area (Å²) >= 11 is 3.37. The molecular weight excluding hydrogens is 307 g/mol. The number of pyridine rings is 1. The van der Waals surface area contributed by atoms with Gasteiger partial charge in [-0.1, -0.05) is 15.9 Å². The zero-order chi connectivity index (χ0) is 13.8. The Hall–Kier alpha value is -1.26. The Morgan fingerprint density at radius 2 is 1.79 bits per heavy atom. The Kier molecular flexibility index (Phi) is 4.66. The van der Waals surface area contributed by atoms with Crippen molar-refractivity contribution >= 4 is 15.9 Å². The average molecular weight is 323 g/mol. The minimum atomic E-state index is -0.190. The molecule has 0 bridgehead atoms. The van der Waals surface area contributed by atoms with E-state index in [0.29, 0.717) is 5.56 Å². The highest BCUT2D eigenvalue weighted by atomic mass is 79.9. The maximum atomic E-state index is 13.8. The first kappa shape index (κ1) is 14.2. The molecule has 0 aliphatic carbocycles. The van der Waals surface area contributed by atoms with Gasteiger partial charge >= 0.3 is 0 Å². The SMILES string of the molecule is C[C@H](N[C@H](C)c1ccncc1)c1cc(Br)ccc1F. The Balaban J connectivity index is 2.13. The third kappa shape index (κ3) is 3.61. The second kappa shape index (κ2) is 6.26. The molecule has 100 valence electrons. The van der Waals surface area contributed by atoms with Crippen molar-refractivity contribution in [2.24, 2.45) is 0 Å². The molecule has 0 saturated heterocycles. The van der Waals surface area contributed by atoms with E-state index in [1.807, 2.05) is 25.1 Å². The van der Waals surface area contributed by atoms with E-state index >= 15 is 0 Å². The van der Waals surface area contributed by atoms with Crippen molar-refractivity contribution in [3.05, 3.63) is 64.1 Å². The first-order valence-electron chi connectivity index (χ1n) is 6.19. The first-order valence-corrected chi connectivity index (χ1v) is 6.98. The molecule has 0 aliphatic heterocycles. The number of hydrogen-bond acceptors (Lipinski definition) is 2. The highest BCUT2D eigenvalue weighted by Crippen LogP contribution is 2.24. The van der Waals surface area contributed by atoms with Crippen molar-refractivity contribution in [2.45, 2.75) is 25.9 Å². The molecule has 1 N–H and O–H groups in total. The van der Waals surface area contributed by atoms with Crippen LogP contribution in [0.3, 0.4) is 0 Å². The summed E-state index contributed by atoms with van der Waals surface area (Å²) in [7, 11) is 0. The number of aromatic nitrogens is 1. The summed E-state index contributed by atoms with van der Waals surface area (Å²) in [6.07, 6.45) is 3.52. The van der Waals surface area contributed by atoms with E-state index in [4.69, 9.17) is 0 Å². The molecule has 0 radical (unpaired) electrons. The molecule has 2 aromatic rings. The Morgan fingerprint density at radius 1 is 1.11 bits per heavy atom. The van der Waals surface area contributed by atoms with Crippen LogP contribution in [0.15, 0.2) is 47.2 Å². The molecular formula is C15H16BrFN2. The summed E-state index contributed by atoms with van der Waals surface area (Å²) in [6.45, 7) is 4.02. The van der Waals surface area contributed by atoms with Gasteiger partial charge in [-0.05, 0) is 49.7 Å². The van der Waals surface area contributed by atoms with E-state index < -0.39 is 0 Å². The van der Waals surface area contributed by atoms with E-state index in [1.54, 1.807) is 18.5 Å². The van der Waals surface area contributed by atoms with E-state index in [-0.39, 0.29) is 17.9 Å². The minimum Gasteiger partial charge on any atom is -0.304 e. The van der Waals surface area contributed by atoms with Gasteiger partial charge < -0.3 is 5.32 Å². The van der Waals surface area contributed by atoms with Gasteiger partial charge in [0.15, 0.2) is 0 Å². The number of halogens is 2. The lowest BCUT2D eigenvalue weighted by Gasteiger charge is -2.21. The number of nitrogens with one attached hydrogen (secondary N) is 1. The summed E-state index contributed by atoms with van der Waals surface area (Å²) in [4.78, 5) is 4.00. The van der Waals surface area contributed by atoms with Gasteiger partial charge in [-0.15, -0.1) is 0 Å². The molecule has 1 heterocycles. The summed E-state index contributed by atoms with van der Waals surface area (Å²) in [6, 6.07) is 8.99. The second-order valence-electron chi connectivity index (χ2n) is 4.56. The van der Waals surface area contributed by atoms with Gasteiger partial charge in [0, 0.05) is 34.5 Å². The van der Waals surface area contributed by atoms with Crippen LogP contribution >= 0.6 is 15.9 Å². The fraction of sp³-hybridized carbons (Fsp3) is 0.267. The van der Waals surface area contributed by atoms with Gasteiger partial charge in [0.2, 0.25) is 0 Å². The summed E-state index contributed by atoms with van der Waals surface area (Å²) in [5, 5.41) is 3.39. The summed E-state index contributed by atoms with van der Waals surface area (Å²) in [5.74, 6) is -0.190. The van der Waals surface area contributed by atoms with Crippen LogP contribution in [0.2, 0.25) is 0 Å². The third-order valence-corrected chi connectivity index (χ3v) is 3.62. The van der Waals surface area contributed by atoms with Crippen LogP contribution in [0.5, 0.6) is 0 Å². The fourth-order valence-electron chi connectivity index (χ4n) is 2.06. The van der Waals surface area contributed by atoms with Crippen molar-refractivity contribution in [3.8, 4) is 0 Å². The lowest BCUT2D eigenvalue weighted by molar-refractivity contribution is 0.473. The normalized spacial score (nSPS) is 14.1. The fourth-order valence-corrected chi connectivity index (χ4v) is 2.44. The van der Waals surface area contributed by atoms with Crippen LogP contribution in [-0.4, -0.2) is 4.98 Å². The lowest BCUT2D eigenvalue weighted by Crippen LogP contribution is -2.23. The highest BCUT2D eigenvalue weighted by molar-refractivity contribution is 9.10. The predicted octanol–water partition coefficient (Wildman–Crippen LogP) is 4.40. The third-order valence-electron chi connectivity index (χ3n) is 3.13. The van der Waals surface area contributed by atoms with Crippen LogP contribution in [0.4, 0.5) is 4.39 Å². The Morgan fingerprint density at radius 3 is 2.47 bits per heavy atom. The molecule has 0 fully saturated rings. The number of hydrogen-bond donors (Lipinski definition) is 1. The molecule has 19 heavy (non-hydrogen) atoms. The van der Waals surface area contributed by atoms with E-state index in [0.717, 1.165) is 10.0 Å². The summed E-state index contributed by atoms with van der Waals surface area (Å²) in [5.41, 5.74) is 1.80. The topological polar surface area (TPSA) is 24.9 Å². The van der Waals surface area contributed by atoms with Crippen molar-refractivity contribution in [1.29, 1.82) is 0 Å². The molecule has 0 aliphatic rings. The van der Waals surface area contributed by atoms with Crippen LogP contribution in [0, 0.1) is 5.82 Å². The smallest absolute Gasteiger partial charge is 0.128 e. The molecule has 1 aromatic heterocycles. The van der Waals surface area contributed by atoms with Gasteiger partial charge in [0.05, 0.1) is 0 Å². The Bertz CT molecular complexity index is 545. The zero-order valence-corrected chi connectivity index (χ0v) is 12.5. The zero-order valence-electron chi connectivity index (χ0n) is 10.9. The van der Waals surface area contributed by atoms with Crippen LogP contribution in [0.1, 0.15) is 37.1 Å². The lowest BCUT2D eigenvalue weighted by atomic mass is 10.0. The monoisotopic (exact) mass is 322 g/mol. The van der Waals surface area contributed by atoms with Crippen molar-refractivity contribution in [1.82, 2.24) is 10.3 Å².